The summed E-state index contributed by atoms with van der Waals surface area (Å²) in [7, 11) is 0. The van der Waals surface area contributed by atoms with Crippen LogP contribution in [-0.4, -0.2) is 41.4 Å². The molecular weight excluding hydrogens is 266 g/mol. The Hall–Kier alpha value is -1.83. The maximum Gasteiger partial charge on any atom is 0.313 e. The number of rotatable bonds is 7. The van der Waals surface area contributed by atoms with E-state index < -0.39 is 5.97 Å². The second kappa shape index (κ2) is 6.37. The van der Waals surface area contributed by atoms with Crippen molar-refractivity contribution in [1.82, 2.24) is 24.5 Å². The van der Waals surface area contributed by atoms with Crippen LogP contribution >= 0.6 is 11.8 Å². The molecule has 0 unspecified atom stereocenters. The number of aromatic nitrogens is 5. The molecule has 0 amide bonds. The van der Waals surface area contributed by atoms with Crippen LogP contribution in [0.4, 0.5) is 0 Å². The maximum absolute atomic E-state index is 10.6. The first-order chi connectivity index (χ1) is 9.15. The van der Waals surface area contributed by atoms with Crippen LogP contribution in [0.2, 0.25) is 0 Å². The van der Waals surface area contributed by atoms with E-state index in [0.717, 1.165) is 30.4 Å². The summed E-state index contributed by atoms with van der Waals surface area (Å²) in [6.07, 6.45) is 6.29. The molecular formula is C11H15N5O2S. The topological polar surface area (TPSA) is 85.8 Å². The quantitative estimate of drug-likeness (QED) is 0.763. The summed E-state index contributed by atoms with van der Waals surface area (Å²) in [6, 6.07) is 0. The Labute approximate surface area is 114 Å². The Balaban J connectivity index is 1.89. The summed E-state index contributed by atoms with van der Waals surface area (Å²) in [5.74, 6) is -0.806. The van der Waals surface area contributed by atoms with E-state index in [0.29, 0.717) is 0 Å². The molecule has 0 saturated heterocycles. The molecule has 0 aliphatic rings. The number of carboxylic acids is 1. The molecule has 0 saturated carbocycles. The van der Waals surface area contributed by atoms with Crippen molar-refractivity contribution in [3.63, 3.8) is 0 Å². The van der Waals surface area contributed by atoms with Gasteiger partial charge in [0.2, 0.25) is 0 Å². The predicted octanol–water partition coefficient (Wildman–Crippen LogP) is 1.05. The van der Waals surface area contributed by atoms with Crippen LogP contribution in [0.15, 0.2) is 23.7 Å². The fraction of sp³-hybridized carbons (Fsp3) is 0.455. The molecule has 0 atom stereocenters. The Morgan fingerprint density at radius 1 is 1.47 bits per heavy atom. The van der Waals surface area contributed by atoms with Crippen molar-refractivity contribution >= 4 is 17.7 Å². The molecule has 1 N–H and O–H groups in total. The van der Waals surface area contributed by atoms with Crippen LogP contribution in [-0.2, 0) is 17.9 Å². The van der Waals surface area contributed by atoms with E-state index >= 15 is 0 Å². The van der Waals surface area contributed by atoms with E-state index in [2.05, 4.69) is 15.3 Å². The van der Waals surface area contributed by atoms with Gasteiger partial charge < -0.3 is 9.67 Å². The molecule has 19 heavy (non-hydrogen) atoms. The number of hydrogen-bond donors (Lipinski definition) is 1. The standard InChI is InChI=1S/C11H15N5O2S/c1-9-7-15(11(13-9)19-8-10(17)18)4-2-5-16-6-3-12-14-16/h3,6-7H,2,4-5,8H2,1H3,(H,17,18). The molecule has 0 radical (unpaired) electrons. The molecule has 2 aromatic rings. The molecule has 2 rings (SSSR count). The number of carboxylic acid groups (broad SMARTS) is 1. The van der Waals surface area contributed by atoms with E-state index in [1.54, 1.807) is 10.9 Å². The van der Waals surface area contributed by atoms with E-state index in [4.69, 9.17) is 5.11 Å². The van der Waals surface area contributed by atoms with Gasteiger partial charge in [0.1, 0.15) is 0 Å². The fourth-order valence-corrected chi connectivity index (χ4v) is 2.45. The SMILES string of the molecule is Cc1cn(CCCn2ccnn2)c(SCC(=O)O)n1. The Bertz CT molecular complexity index is 537. The van der Waals surface area contributed by atoms with Crippen molar-refractivity contribution in [1.29, 1.82) is 0 Å². The zero-order chi connectivity index (χ0) is 13.7. The average molecular weight is 281 g/mol. The van der Waals surface area contributed by atoms with Crippen molar-refractivity contribution in [2.24, 2.45) is 0 Å². The lowest BCUT2D eigenvalue weighted by Crippen LogP contribution is -2.06. The highest BCUT2D eigenvalue weighted by Crippen LogP contribution is 2.17. The number of carbonyl (C=O) groups is 1. The highest BCUT2D eigenvalue weighted by atomic mass is 32.2. The summed E-state index contributed by atoms with van der Waals surface area (Å²) >= 11 is 1.24. The monoisotopic (exact) mass is 281 g/mol. The summed E-state index contributed by atoms with van der Waals surface area (Å²) in [6.45, 7) is 3.46. The average Bonchev–Trinajstić information content (AvgIpc) is 2.97. The normalized spacial score (nSPS) is 10.8. The van der Waals surface area contributed by atoms with Crippen LogP contribution in [0.3, 0.4) is 0 Å². The molecule has 0 spiro atoms. The Morgan fingerprint density at radius 2 is 2.32 bits per heavy atom. The van der Waals surface area contributed by atoms with Crippen molar-refractivity contribution in [3.8, 4) is 0 Å². The van der Waals surface area contributed by atoms with Gasteiger partial charge in [-0.1, -0.05) is 17.0 Å². The van der Waals surface area contributed by atoms with Crippen LogP contribution in [0.5, 0.6) is 0 Å². The van der Waals surface area contributed by atoms with Gasteiger partial charge in [-0.05, 0) is 13.3 Å². The summed E-state index contributed by atoms with van der Waals surface area (Å²) in [4.78, 5) is 14.9. The summed E-state index contributed by atoms with van der Waals surface area (Å²) < 4.78 is 3.76. The highest BCUT2D eigenvalue weighted by molar-refractivity contribution is 7.99. The molecule has 2 aromatic heterocycles. The van der Waals surface area contributed by atoms with E-state index in [1.807, 2.05) is 23.9 Å². The van der Waals surface area contributed by atoms with Crippen LogP contribution < -0.4 is 0 Å². The number of aliphatic carboxylic acids is 1. The van der Waals surface area contributed by atoms with E-state index in [9.17, 15) is 4.79 Å². The zero-order valence-corrected chi connectivity index (χ0v) is 11.4. The van der Waals surface area contributed by atoms with Gasteiger partial charge >= 0.3 is 5.97 Å². The molecule has 0 fully saturated rings. The lowest BCUT2D eigenvalue weighted by molar-refractivity contribution is -0.133. The second-order valence-corrected chi connectivity index (χ2v) is 5.00. The smallest absolute Gasteiger partial charge is 0.313 e. The van der Waals surface area contributed by atoms with Crippen molar-refractivity contribution in [2.75, 3.05) is 5.75 Å². The predicted molar refractivity (Wildman–Crippen MR) is 70.0 cm³/mol. The minimum Gasteiger partial charge on any atom is -0.481 e. The van der Waals surface area contributed by atoms with Crippen molar-refractivity contribution in [3.05, 3.63) is 24.3 Å². The first kappa shape index (κ1) is 13.6. The number of nitrogens with zero attached hydrogens (tertiary/aromatic N) is 5. The first-order valence-corrected chi connectivity index (χ1v) is 6.86. The van der Waals surface area contributed by atoms with Gasteiger partial charge in [-0.15, -0.1) is 5.10 Å². The van der Waals surface area contributed by atoms with Gasteiger partial charge in [-0.25, -0.2) is 4.98 Å². The highest BCUT2D eigenvalue weighted by Gasteiger charge is 2.08. The Kier molecular flexibility index (Phi) is 4.56. The number of hydrogen-bond acceptors (Lipinski definition) is 5. The number of thioether (sulfide) groups is 1. The molecule has 8 heteroatoms. The molecule has 0 aliphatic heterocycles. The van der Waals surface area contributed by atoms with E-state index in [-0.39, 0.29) is 5.75 Å². The number of aryl methyl sites for hydroxylation is 3. The first-order valence-electron chi connectivity index (χ1n) is 5.87. The third-order valence-corrected chi connectivity index (χ3v) is 3.42. The van der Waals surface area contributed by atoms with Crippen molar-refractivity contribution < 1.29 is 9.90 Å². The van der Waals surface area contributed by atoms with Gasteiger partial charge in [0.25, 0.3) is 0 Å². The summed E-state index contributed by atoms with van der Waals surface area (Å²) in [5.41, 5.74) is 0.897. The van der Waals surface area contributed by atoms with Gasteiger partial charge in [0, 0.05) is 25.5 Å². The molecule has 0 bridgehead atoms. The van der Waals surface area contributed by atoms with Gasteiger partial charge in [-0.3, -0.25) is 9.48 Å². The third kappa shape index (κ3) is 4.09. The van der Waals surface area contributed by atoms with E-state index in [1.165, 1.54) is 11.8 Å². The van der Waals surface area contributed by atoms with Gasteiger partial charge in [-0.2, -0.15) is 0 Å². The number of imidazole rings is 1. The molecule has 2 heterocycles. The zero-order valence-electron chi connectivity index (χ0n) is 10.6. The molecule has 0 aliphatic carbocycles. The molecule has 102 valence electrons. The minimum atomic E-state index is -0.834. The minimum absolute atomic E-state index is 0.0273. The molecule has 7 nitrogen and oxygen atoms in total. The third-order valence-electron chi connectivity index (χ3n) is 2.44. The maximum atomic E-state index is 10.6. The lowest BCUT2D eigenvalue weighted by Gasteiger charge is -2.06. The summed E-state index contributed by atoms with van der Waals surface area (Å²) in [5, 5.41) is 17.1. The largest absolute Gasteiger partial charge is 0.481 e. The molecule has 0 aromatic carbocycles. The lowest BCUT2D eigenvalue weighted by atomic mass is 10.4. The van der Waals surface area contributed by atoms with Crippen LogP contribution in [0.1, 0.15) is 12.1 Å². The van der Waals surface area contributed by atoms with Gasteiger partial charge in [0.15, 0.2) is 5.16 Å². The second-order valence-electron chi connectivity index (χ2n) is 4.06. The van der Waals surface area contributed by atoms with Crippen LogP contribution in [0, 0.1) is 6.92 Å². The van der Waals surface area contributed by atoms with Gasteiger partial charge in [0.05, 0.1) is 17.6 Å². The fourth-order valence-electron chi connectivity index (χ4n) is 1.68. The van der Waals surface area contributed by atoms with Crippen molar-refractivity contribution in [2.45, 2.75) is 31.6 Å². The van der Waals surface area contributed by atoms with Crippen LogP contribution in [0.25, 0.3) is 0 Å². The Morgan fingerprint density at radius 3 is 3.00 bits per heavy atom.